The van der Waals surface area contributed by atoms with Crippen molar-refractivity contribution in [3.8, 4) is 0 Å². The minimum atomic E-state index is -0.523. The molecular weight excluding hydrogens is 270 g/mol. The van der Waals surface area contributed by atoms with Crippen LogP contribution in [-0.2, 0) is 14.3 Å². The van der Waals surface area contributed by atoms with Crippen molar-refractivity contribution >= 4 is 12.1 Å². The largest absolute Gasteiger partial charge is 0.466 e. The number of ether oxygens (including phenoxy) is 2. The van der Waals surface area contributed by atoms with Crippen LogP contribution in [0.25, 0.3) is 0 Å². The van der Waals surface area contributed by atoms with Gasteiger partial charge in [-0.3, -0.25) is 4.79 Å². The Kier molecular flexibility index (Phi) is 6.49. The van der Waals surface area contributed by atoms with E-state index < -0.39 is 5.60 Å². The first-order valence-electron chi connectivity index (χ1n) is 7.96. The Morgan fingerprint density at radius 3 is 2.43 bits per heavy atom. The molecule has 1 aliphatic rings. The first kappa shape index (κ1) is 17.8. The van der Waals surface area contributed by atoms with Gasteiger partial charge in [-0.2, -0.15) is 0 Å². The summed E-state index contributed by atoms with van der Waals surface area (Å²) < 4.78 is 10.6. The number of nitrogens with zero attached hydrogens (tertiary/aromatic N) is 1. The molecule has 5 heteroatoms. The van der Waals surface area contributed by atoms with Gasteiger partial charge in [0.2, 0.25) is 0 Å². The van der Waals surface area contributed by atoms with Crippen LogP contribution in [0.2, 0.25) is 0 Å². The Morgan fingerprint density at radius 1 is 1.24 bits per heavy atom. The van der Waals surface area contributed by atoms with Gasteiger partial charge in [0.25, 0.3) is 0 Å². The third-order valence-electron chi connectivity index (χ3n) is 3.67. The van der Waals surface area contributed by atoms with E-state index in [-0.39, 0.29) is 24.0 Å². The molecule has 1 heterocycles. The van der Waals surface area contributed by atoms with E-state index in [4.69, 9.17) is 9.47 Å². The zero-order chi connectivity index (χ0) is 16.0. The lowest BCUT2D eigenvalue weighted by molar-refractivity contribution is -0.151. The van der Waals surface area contributed by atoms with Crippen molar-refractivity contribution in [1.82, 2.24) is 4.90 Å². The second-order valence-electron chi connectivity index (χ2n) is 6.50. The van der Waals surface area contributed by atoms with Gasteiger partial charge in [-0.1, -0.05) is 6.92 Å². The van der Waals surface area contributed by atoms with Crippen LogP contribution in [0.1, 0.15) is 60.3 Å². The molecule has 0 N–H and O–H groups in total. The molecule has 0 radical (unpaired) electrons. The minimum Gasteiger partial charge on any atom is -0.466 e. The predicted molar refractivity (Wildman–Crippen MR) is 81.0 cm³/mol. The first-order chi connectivity index (χ1) is 9.80. The summed E-state index contributed by atoms with van der Waals surface area (Å²) in [6, 6.07) is -0.113. The number of carbonyl (C=O) groups is 2. The SMILES string of the molecule is CCOC(=O)C(CC)C1CCCCN1C(=O)OC(C)(C)C. The van der Waals surface area contributed by atoms with Gasteiger partial charge in [0.1, 0.15) is 5.60 Å². The third-order valence-corrected chi connectivity index (χ3v) is 3.67. The lowest BCUT2D eigenvalue weighted by Crippen LogP contribution is -2.51. The highest BCUT2D eigenvalue weighted by Gasteiger charge is 2.38. The van der Waals surface area contributed by atoms with Crippen molar-refractivity contribution < 1.29 is 19.1 Å². The molecule has 0 aromatic rings. The maximum absolute atomic E-state index is 12.4. The fourth-order valence-electron chi connectivity index (χ4n) is 2.77. The van der Waals surface area contributed by atoms with Crippen LogP contribution in [0.4, 0.5) is 4.79 Å². The molecule has 0 spiro atoms. The average Bonchev–Trinajstić information content (AvgIpc) is 2.38. The number of amides is 1. The van der Waals surface area contributed by atoms with Crippen LogP contribution in [0.5, 0.6) is 0 Å². The van der Waals surface area contributed by atoms with Gasteiger partial charge in [0, 0.05) is 12.6 Å². The Labute approximate surface area is 128 Å². The summed E-state index contributed by atoms with van der Waals surface area (Å²) in [5, 5.41) is 0. The monoisotopic (exact) mass is 299 g/mol. The summed E-state index contributed by atoms with van der Waals surface area (Å²) in [4.78, 5) is 26.2. The topological polar surface area (TPSA) is 55.8 Å². The molecule has 5 nitrogen and oxygen atoms in total. The van der Waals surface area contributed by atoms with Crippen LogP contribution in [0.3, 0.4) is 0 Å². The smallest absolute Gasteiger partial charge is 0.410 e. The van der Waals surface area contributed by atoms with Crippen molar-refractivity contribution in [2.45, 2.75) is 71.9 Å². The zero-order valence-electron chi connectivity index (χ0n) is 14.0. The van der Waals surface area contributed by atoms with Gasteiger partial charge in [-0.05, 0) is 53.4 Å². The van der Waals surface area contributed by atoms with E-state index in [1.165, 1.54) is 0 Å². The highest BCUT2D eigenvalue weighted by Crippen LogP contribution is 2.28. The Bertz CT molecular complexity index is 362. The molecule has 2 unspecified atom stereocenters. The van der Waals surface area contributed by atoms with Crippen LogP contribution in [0.15, 0.2) is 0 Å². The number of carbonyl (C=O) groups excluding carboxylic acids is 2. The molecule has 1 amide bonds. The second-order valence-corrected chi connectivity index (χ2v) is 6.50. The number of rotatable bonds is 4. The number of piperidine rings is 1. The molecule has 122 valence electrons. The van der Waals surface area contributed by atoms with Crippen LogP contribution < -0.4 is 0 Å². The van der Waals surface area contributed by atoms with Gasteiger partial charge in [0.15, 0.2) is 0 Å². The molecule has 1 fully saturated rings. The molecule has 2 atom stereocenters. The molecule has 0 aliphatic carbocycles. The summed E-state index contributed by atoms with van der Waals surface area (Å²) >= 11 is 0. The van der Waals surface area contributed by atoms with Crippen LogP contribution in [0, 0.1) is 5.92 Å². The quantitative estimate of drug-likeness (QED) is 0.747. The van der Waals surface area contributed by atoms with E-state index in [0.717, 1.165) is 19.3 Å². The van der Waals surface area contributed by atoms with E-state index in [1.54, 1.807) is 11.8 Å². The third kappa shape index (κ3) is 5.21. The molecular formula is C16H29NO4. The first-order valence-corrected chi connectivity index (χ1v) is 7.96. The summed E-state index contributed by atoms with van der Waals surface area (Å²) in [6.07, 6.45) is 3.16. The fourth-order valence-corrected chi connectivity index (χ4v) is 2.77. The van der Waals surface area contributed by atoms with Crippen molar-refractivity contribution in [3.63, 3.8) is 0 Å². The van der Waals surface area contributed by atoms with Crippen molar-refractivity contribution in [2.24, 2.45) is 5.92 Å². The minimum absolute atomic E-state index is 0.113. The maximum Gasteiger partial charge on any atom is 0.410 e. The van der Waals surface area contributed by atoms with Crippen LogP contribution in [-0.4, -0.2) is 41.8 Å². The van der Waals surface area contributed by atoms with E-state index in [1.807, 2.05) is 27.7 Å². The van der Waals surface area contributed by atoms with E-state index in [2.05, 4.69) is 0 Å². The summed E-state index contributed by atoms with van der Waals surface area (Å²) in [5.41, 5.74) is -0.523. The van der Waals surface area contributed by atoms with Crippen molar-refractivity contribution in [2.75, 3.05) is 13.2 Å². The maximum atomic E-state index is 12.4. The molecule has 0 aromatic carbocycles. The Balaban J connectivity index is 2.84. The molecule has 0 aromatic heterocycles. The molecule has 0 bridgehead atoms. The lowest BCUT2D eigenvalue weighted by Gasteiger charge is -2.39. The molecule has 1 aliphatic heterocycles. The number of esters is 1. The molecule has 1 saturated heterocycles. The van der Waals surface area contributed by atoms with Gasteiger partial charge < -0.3 is 14.4 Å². The molecule has 1 rings (SSSR count). The number of hydrogen-bond acceptors (Lipinski definition) is 4. The average molecular weight is 299 g/mol. The lowest BCUT2D eigenvalue weighted by atomic mass is 9.88. The summed E-state index contributed by atoms with van der Waals surface area (Å²) in [5.74, 6) is -0.474. The number of hydrogen-bond donors (Lipinski definition) is 0. The normalized spacial score (nSPS) is 20.8. The Morgan fingerprint density at radius 2 is 1.90 bits per heavy atom. The van der Waals surface area contributed by atoms with Gasteiger partial charge >= 0.3 is 12.1 Å². The van der Waals surface area contributed by atoms with Crippen LogP contribution >= 0.6 is 0 Å². The Hall–Kier alpha value is -1.26. The van der Waals surface area contributed by atoms with E-state index in [0.29, 0.717) is 19.6 Å². The second kappa shape index (κ2) is 7.66. The standard InChI is InChI=1S/C16H29NO4/c1-6-12(14(18)20-7-2)13-10-8-9-11-17(13)15(19)21-16(3,4)5/h12-13H,6-11H2,1-5H3. The highest BCUT2D eigenvalue weighted by molar-refractivity contribution is 5.75. The zero-order valence-corrected chi connectivity index (χ0v) is 14.0. The molecule has 21 heavy (non-hydrogen) atoms. The number of likely N-dealkylation sites (tertiary alicyclic amines) is 1. The summed E-state index contributed by atoms with van der Waals surface area (Å²) in [7, 11) is 0. The van der Waals surface area contributed by atoms with Crippen molar-refractivity contribution in [3.05, 3.63) is 0 Å². The van der Waals surface area contributed by atoms with Gasteiger partial charge in [-0.25, -0.2) is 4.79 Å². The summed E-state index contributed by atoms with van der Waals surface area (Å²) in [6.45, 7) is 10.3. The van der Waals surface area contributed by atoms with Gasteiger partial charge in [0.05, 0.1) is 12.5 Å². The highest BCUT2D eigenvalue weighted by atomic mass is 16.6. The fraction of sp³-hybridized carbons (Fsp3) is 0.875. The van der Waals surface area contributed by atoms with E-state index in [9.17, 15) is 9.59 Å². The van der Waals surface area contributed by atoms with Gasteiger partial charge in [-0.15, -0.1) is 0 Å². The predicted octanol–water partition coefficient (Wildman–Crippen LogP) is 3.37. The molecule has 0 saturated carbocycles. The van der Waals surface area contributed by atoms with E-state index >= 15 is 0 Å². The van der Waals surface area contributed by atoms with Crippen molar-refractivity contribution in [1.29, 1.82) is 0 Å².